The van der Waals surface area contributed by atoms with Gasteiger partial charge in [-0.1, -0.05) is 0 Å². The Balaban J connectivity index is 1.57. The van der Waals surface area contributed by atoms with Gasteiger partial charge in [0, 0.05) is 57.9 Å². The highest BCUT2D eigenvalue weighted by Gasteiger charge is 2.35. The summed E-state index contributed by atoms with van der Waals surface area (Å²) < 4.78 is 5.83. The van der Waals surface area contributed by atoms with E-state index in [1.165, 1.54) is 45.8 Å². The molecular weight excluding hydrogens is 274 g/mol. The second-order valence-electron chi connectivity index (χ2n) is 9.04. The number of nitrogens with zero attached hydrogens (tertiary/aromatic N) is 3. The van der Waals surface area contributed by atoms with Gasteiger partial charge in [0.2, 0.25) is 0 Å². The topological polar surface area (TPSA) is 19.0 Å². The smallest absolute Gasteiger partial charge is 0.0600 e. The summed E-state index contributed by atoms with van der Waals surface area (Å²) in [4.78, 5) is 7.80. The Labute approximate surface area is 137 Å². The summed E-state index contributed by atoms with van der Waals surface area (Å²) in [6, 6.07) is 0. The first-order chi connectivity index (χ1) is 10.1. The number of hydrogen-bond donors (Lipinski definition) is 0. The highest BCUT2D eigenvalue weighted by Crippen LogP contribution is 2.26. The van der Waals surface area contributed by atoms with Gasteiger partial charge in [0.1, 0.15) is 0 Å². The molecule has 130 valence electrons. The predicted octanol–water partition coefficient (Wildman–Crippen LogP) is 2.15. The Morgan fingerprint density at radius 1 is 0.864 bits per heavy atom. The summed E-state index contributed by atoms with van der Waals surface area (Å²) in [7, 11) is 0. The lowest BCUT2D eigenvalue weighted by molar-refractivity contribution is -0.0254. The van der Waals surface area contributed by atoms with E-state index in [2.05, 4.69) is 56.2 Å². The van der Waals surface area contributed by atoms with Crippen molar-refractivity contribution in [2.75, 3.05) is 59.0 Å². The van der Waals surface area contributed by atoms with Crippen LogP contribution in [0.15, 0.2) is 0 Å². The van der Waals surface area contributed by atoms with Gasteiger partial charge in [0.05, 0.1) is 12.2 Å². The third-order valence-corrected chi connectivity index (χ3v) is 4.83. The summed E-state index contributed by atoms with van der Waals surface area (Å²) in [6.07, 6.45) is 0. The fourth-order valence-electron chi connectivity index (χ4n) is 3.27. The van der Waals surface area contributed by atoms with E-state index < -0.39 is 0 Å². The molecular formula is C18H37N3O. The van der Waals surface area contributed by atoms with Gasteiger partial charge in [-0.05, 0) is 47.5 Å². The zero-order chi connectivity index (χ0) is 16.4. The maximum Gasteiger partial charge on any atom is 0.0600 e. The Morgan fingerprint density at radius 3 is 1.91 bits per heavy atom. The molecule has 0 aromatic rings. The van der Waals surface area contributed by atoms with Gasteiger partial charge in [-0.25, -0.2) is 0 Å². The van der Waals surface area contributed by atoms with Crippen molar-refractivity contribution < 1.29 is 4.74 Å². The first-order valence-corrected chi connectivity index (χ1v) is 8.97. The molecule has 0 saturated carbocycles. The summed E-state index contributed by atoms with van der Waals surface area (Å²) in [5.41, 5.74) is 0.341. The van der Waals surface area contributed by atoms with Crippen molar-refractivity contribution in [3.05, 3.63) is 0 Å². The molecule has 0 bridgehead atoms. The lowest BCUT2D eigenvalue weighted by Gasteiger charge is -2.49. The van der Waals surface area contributed by atoms with E-state index in [9.17, 15) is 0 Å². The van der Waals surface area contributed by atoms with Crippen LogP contribution in [0.2, 0.25) is 0 Å². The van der Waals surface area contributed by atoms with Gasteiger partial charge in [-0.2, -0.15) is 0 Å². The largest absolute Gasteiger partial charge is 0.375 e. The quantitative estimate of drug-likeness (QED) is 0.774. The second kappa shape index (κ2) is 7.16. The molecule has 0 N–H and O–H groups in total. The van der Waals surface area contributed by atoms with E-state index in [4.69, 9.17) is 4.74 Å². The van der Waals surface area contributed by atoms with E-state index in [0.29, 0.717) is 5.54 Å². The van der Waals surface area contributed by atoms with Gasteiger partial charge >= 0.3 is 0 Å². The Kier molecular flexibility index (Phi) is 5.92. The van der Waals surface area contributed by atoms with Crippen molar-refractivity contribution in [2.24, 2.45) is 5.92 Å². The van der Waals surface area contributed by atoms with Crippen molar-refractivity contribution >= 4 is 0 Å². The first kappa shape index (κ1) is 18.2. The molecule has 2 aliphatic heterocycles. The molecule has 2 aliphatic rings. The van der Waals surface area contributed by atoms with E-state index in [1.54, 1.807) is 0 Å². The summed E-state index contributed by atoms with van der Waals surface area (Å²) in [6.45, 7) is 24.0. The average molecular weight is 312 g/mol. The lowest BCUT2D eigenvalue weighted by Crippen LogP contribution is -2.59. The van der Waals surface area contributed by atoms with Crippen molar-refractivity contribution in [1.82, 2.24) is 14.7 Å². The fraction of sp³-hybridized carbons (Fsp3) is 1.00. The molecule has 2 saturated heterocycles. The summed E-state index contributed by atoms with van der Waals surface area (Å²) in [5, 5.41) is 0. The van der Waals surface area contributed by atoms with Crippen molar-refractivity contribution in [3.8, 4) is 0 Å². The van der Waals surface area contributed by atoms with Crippen LogP contribution in [0.5, 0.6) is 0 Å². The van der Waals surface area contributed by atoms with Crippen LogP contribution in [0.25, 0.3) is 0 Å². The summed E-state index contributed by atoms with van der Waals surface area (Å²) >= 11 is 0. The van der Waals surface area contributed by atoms with Crippen LogP contribution >= 0.6 is 0 Å². The van der Waals surface area contributed by atoms with Gasteiger partial charge in [0.25, 0.3) is 0 Å². The van der Waals surface area contributed by atoms with Crippen LogP contribution in [0.1, 0.15) is 41.5 Å². The lowest BCUT2D eigenvalue weighted by atomic mass is 9.92. The zero-order valence-corrected chi connectivity index (χ0v) is 15.7. The van der Waals surface area contributed by atoms with Crippen LogP contribution in [0.3, 0.4) is 0 Å². The Morgan fingerprint density at radius 2 is 1.41 bits per heavy atom. The Bertz CT molecular complexity index is 331. The van der Waals surface area contributed by atoms with E-state index >= 15 is 0 Å². The number of piperazine rings is 1. The molecule has 0 atom stereocenters. The molecule has 4 nitrogen and oxygen atoms in total. The normalized spacial score (nSPS) is 23.7. The van der Waals surface area contributed by atoms with Crippen LogP contribution in [0, 0.1) is 5.92 Å². The fourth-order valence-corrected chi connectivity index (χ4v) is 3.27. The Hall–Kier alpha value is -0.160. The van der Waals surface area contributed by atoms with Gasteiger partial charge in [-0.15, -0.1) is 0 Å². The third-order valence-electron chi connectivity index (χ3n) is 4.83. The maximum atomic E-state index is 5.83. The van der Waals surface area contributed by atoms with Gasteiger partial charge < -0.3 is 9.64 Å². The standard InChI is InChI=1S/C18H37N3O/c1-17(2,3)21-14-16(15-21)13-20-9-7-19(8-10-20)11-12-22-18(4,5)6/h16H,7-15H2,1-6H3. The molecule has 0 radical (unpaired) electrons. The molecule has 2 fully saturated rings. The van der Waals surface area contributed by atoms with Crippen LogP contribution in [-0.4, -0.2) is 84.8 Å². The minimum Gasteiger partial charge on any atom is -0.375 e. The number of likely N-dealkylation sites (tertiary alicyclic amines) is 1. The molecule has 2 heterocycles. The first-order valence-electron chi connectivity index (χ1n) is 8.97. The molecule has 0 aromatic carbocycles. The predicted molar refractivity (Wildman–Crippen MR) is 93.4 cm³/mol. The zero-order valence-electron chi connectivity index (χ0n) is 15.7. The molecule has 22 heavy (non-hydrogen) atoms. The molecule has 4 heteroatoms. The highest BCUT2D eigenvalue weighted by molar-refractivity contribution is 4.90. The highest BCUT2D eigenvalue weighted by atomic mass is 16.5. The minimum atomic E-state index is -0.00895. The van der Waals surface area contributed by atoms with E-state index in [1.807, 2.05) is 0 Å². The second-order valence-corrected chi connectivity index (χ2v) is 9.04. The van der Waals surface area contributed by atoms with Gasteiger partial charge in [-0.3, -0.25) is 9.80 Å². The van der Waals surface area contributed by atoms with E-state index in [0.717, 1.165) is 19.1 Å². The molecule has 2 rings (SSSR count). The molecule has 0 unspecified atom stereocenters. The molecule has 0 aromatic heterocycles. The van der Waals surface area contributed by atoms with Gasteiger partial charge in [0.15, 0.2) is 0 Å². The van der Waals surface area contributed by atoms with E-state index in [-0.39, 0.29) is 5.60 Å². The van der Waals surface area contributed by atoms with Crippen molar-refractivity contribution in [2.45, 2.75) is 52.7 Å². The number of rotatable bonds is 5. The molecule has 0 aliphatic carbocycles. The molecule has 0 spiro atoms. The number of hydrogen-bond acceptors (Lipinski definition) is 4. The van der Waals surface area contributed by atoms with Crippen LogP contribution < -0.4 is 0 Å². The third kappa shape index (κ3) is 5.80. The monoisotopic (exact) mass is 311 g/mol. The summed E-state index contributed by atoms with van der Waals surface area (Å²) in [5.74, 6) is 0.884. The average Bonchev–Trinajstić information content (AvgIpc) is 2.32. The maximum absolute atomic E-state index is 5.83. The van der Waals surface area contributed by atoms with Crippen LogP contribution in [-0.2, 0) is 4.74 Å². The minimum absolute atomic E-state index is 0.00895. The SMILES string of the molecule is CC(C)(C)OCCN1CCN(CC2CN(C(C)(C)C)C2)CC1. The molecule has 0 amide bonds. The van der Waals surface area contributed by atoms with Crippen molar-refractivity contribution in [3.63, 3.8) is 0 Å². The number of ether oxygens (including phenoxy) is 1. The van der Waals surface area contributed by atoms with Crippen molar-refractivity contribution in [1.29, 1.82) is 0 Å². The van der Waals surface area contributed by atoms with Crippen LogP contribution in [0.4, 0.5) is 0 Å².